The number of hydrogen-bond acceptors (Lipinski definition) is 6. The number of aryl methyl sites for hydroxylation is 2. The first-order valence-electron chi connectivity index (χ1n) is 10.0. The zero-order chi connectivity index (χ0) is 18.4. The molecular weight excluding hydrogens is 342 g/mol. The Morgan fingerprint density at radius 1 is 1.00 bits per heavy atom. The topological polar surface area (TPSA) is 51.0 Å². The van der Waals surface area contributed by atoms with Crippen molar-refractivity contribution in [1.82, 2.24) is 10.1 Å². The molecule has 2 fully saturated rings. The third kappa shape index (κ3) is 2.96. The van der Waals surface area contributed by atoms with Crippen molar-refractivity contribution in [2.24, 2.45) is 0 Å². The lowest BCUT2D eigenvalue weighted by molar-refractivity contribution is 0.153. The van der Waals surface area contributed by atoms with E-state index >= 15 is 0 Å². The van der Waals surface area contributed by atoms with Gasteiger partial charge in [0.05, 0.1) is 5.69 Å². The molecule has 6 heteroatoms. The van der Waals surface area contributed by atoms with Crippen molar-refractivity contribution in [2.75, 3.05) is 31.3 Å². The molecule has 1 aromatic carbocycles. The van der Waals surface area contributed by atoms with Gasteiger partial charge in [0.1, 0.15) is 5.76 Å². The van der Waals surface area contributed by atoms with E-state index in [0.29, 0.717) is 18.9 Å². The fourth-order valence-corrected chi connectivity index (χ4v) is 5.04. The second-order valence-corrected chi connectivity index (χ2v) is 7.89. The second-order valence-electron chi connectivity index (χ2n) is 7.89. The predicted molar refractivity (Wildman–Crippen MR) is 102 cm³/mol. The third-order valence-corrected chi connectivity index (χ3v) is 6.37. The standard InChI is InChI=1S/C21H27N3O3/c1-14-21(15(2)27-22-14)18-4-3-9-24(18)16-7-10-23(11-8-16)17-5-6-19-20(12-17)26-13-25-19/h5-6,12,16,18H,3-4,7-11,13H2,1-2H3. The van der Waals surface area contributed by atoms with Crippen LogP contribution in [-0.4, -0.2) is 42.5 Å². The van der Waals surface area contributed by atoms with E-state index < -0.39 is 0 Å². The highest BCUT2D eigenvalue weighted by Gasteiger charge is 2.36. The van der Waals surface area contributed by atoms with Crippen molar-refractivity contribution in [3.05, 3.63) is 35.2 Å². The van der Waals surface area contributed by atoms with Gasteiger partial charge in [0.15, 0.2) is 11.5 Å². The molecule has 3 aliphatic rings. The van der Waals surface area contributed by atoms with Gasteiger partial charge in [0, 0.05) is 42.5 Å². The van der Waals surface area contributed by atoms with Crippen LogP contribution in [0.5, 0.6) is 11.5 Å². The molecule has 0 spiro atoms. The molecule has 0 radical (unpaired) electrons. The number of likely N-dealkylation sites (tertiary alicyclic amines) is 1. The lowest BCUT2D eigenvalue weighted by Gasteiger charge is -2.40. The van der Waals surface area contributed by atoms with Crippen LogP contribution in [0.25, 0.3) is 0 Å². The highest BCUT2D eigenvalue weighted by atomic mass is 16.7. The average Bonchev–Trinajstić information content (AvgIpc) is 3.41. The Labute approximate surface area is 160 Å². The Bertz CT molecular complexity index is 807. The molecule has 0 saturated carbocycles. The maximum absolute atomic E-state index is 5.54. The van der Waals surface area contributed by atoms with Crippen LogP contribution in [0, 0.1) is 13.8 Å². The van der Waals surface area contributed by atoms with Gasteiger partial charge in [0.2, 0.25) is 6.79 Å². The molecule has 0 aliphatic carbocycles. The fraction of sp³-hybridized carbons (Fsp3) is 0.571. The summed E-state index contributed by atoms with van der Waals surface area (Å²) >= 11 is 0. The zero-order valence-electron chi connectivity index (χ0n) is 16.1. The lowest BCUT2D eigenvalue weighted by Crippen LogP contribution is -2.44. The molecule has 144 valence electrons. The SMILES string of the molecule is Cc1noc(C)c1C1CCCN1C1CCN(c2ccc3c(c2)OCO3)CC1. The normalized spacial score (nSPS) is 23.3. The molecular formula is C21H27N3O3. The summed E-state index contributed by atoms with van der Waals surface area (Å²) in [6.07, 6.45) is 4.85. The van der Waals surface area contributed by atoms with Crippen molar-refractivity contribution in [3.8, 4) is 11.5 Å². The predicted octanol–water partition coefficient (Wildman–Crippen LogP) is 3.83. The third-order valence-electron chi connectivity index (χ3n) is 6.37. The van der Waals surface area contributed by atoms with Crippen LogP contribution in [0.4, 0.5) is 5.69 Å². The second kappa shape index (κ2) is 6.75. The number of aromatic nitrogens is 1. The van der Waals surface area contributed by atoms with Crippen LogP contribution in [0.2, 0.25) is 0 Å². The Balaban J connectivity index is 1.27. The molecule has 4 heterocycles. The Hall–Kier alpha value is -2.21. The molecule has 2 aromatic rings. The van der Waals surface area contributed by atoms with Gasteiger partial charge in [-0.1, -0.05) is 5.16 Å². The summed E-state index contributed by atoms with van der Waals surface area (Å²) in [5, 5.41) is 4.19. The lowest BCUT2D eigenvalue weighted by atomic mass is 9.97. The summed E-state index contributed by atoms with van der Waals surface area (Å²) in [5.41, 5.74) is 3.62. The van der Waals surface area contributed by atoms with Gasteiger partial charge in [0.25, 0.3) is 0 Å². The summed E-state index contributed by atoms with van der Waals surface area (Å²) in [6.45, 7) is 7.80. The highest BCUT2D eigenvalue weighted by molar-refractivity contribution is 5.57. The molecule has 3 aliphatic heterocycles. The maximum atomic E-state index is 5.54. The van der Waals surface area contributed by atoms with Crippen LogP contribution in [0.1, 0.15) is 48.7 Å². The number of nitrogens with zero attached hydrogens (tertiary/aromatic N) is 3. The summed E-state index contributed by atoms with van der Waals surface area (Å²) in [5.74, 6) is 2.71. The van der Waals surface area contributed by atoms with E-state index in [4.69, 9.17) is 14.0 Å². The summed E-state index contributed by atoms with van der Waals surface area (Å²) in [6, 6.07) is 7.40. The van der Waals surface area contributed by atoms with Crippen molar-refractivity contribution < 1.29 is 14.0 Å². The average molecular weight is 369 g/mol. The largest absolute Gasteiger partial charge is 0.454 e. The van der Waals surface area contributed by atoms with E-state index in [9.17, 15) is 0 Å². The van der Waals surface area contributed by atoms with Crippen molar-refractivity contribution in [2.45, 2.75) is 51.6 Å². The molecule has 0 amide bonds. The van der Waals surface area contributed by atoms with Gasteiger partial charge in [-0.15, -0.1) is 0 Å². The molecule has 6 nitrogen and oxygen atoms in total. The first kappa shape index (κ1) is 16.9. The van der Waals surface area contributed by atoms with Gasteiger partial charge >= 0.3 is 0 Å². The van der Waals surface area contributed by atoms with Crippen molar-refractivity contribution >= 4 is 5.69 Å². The summed E-state index contributed by atoms with van der Waals surface area (Å²) in [4.78, 5) is 5.18. The first-order valence-corrected chi connectivity index (χ1v) is 10.0. The van der Waals surface area contributed by atoms with E-state index in [1.54, 1.807) is 0 Å². The molecule has 5 rings (SSSR count). The Kier molecular flexibility index (Phi) is 4.23. The molecule has 0 N–H and O–H groups in total. The fourth-order valence-electron chi connectivity index (χ4n) is 5.04. The van der Waals surface area contributed by atoms with Crippen LogP contribution < -0.4 is 14.4 Å². The number of benzene rings is 1. The van der Waals surface area contributed by atoms with Crippen LogP contribution >= 0.6 is 0 Å². The number of rotatable bonds is 3. The minimum atomic E-state index is 0.332. The van der Waals surface area contributed by atoms with E-state index in [1.165, 1.54) is 43.5 Å². The number of ether oxygens (including phenoxy) is 2. The van der Waals surface area contributed by atoms with Gasteiger partial charge in [-0.05, 0) is 58.2 Å². The Morgan fingerprint density at radius 3 is 2.59 bits per heavy atom. The number of anilines is 1. The summed E-state index contributed by atoms with van der Waals surface area (Å²) in [7, 11) is 0. The van der Waals surface area contributed by atoms with Crippen molar-refractivity contribution in [3.63, 3.8) is 0 Å². The van der Waals surface area contributed by atoms with E-state index in [1.807, 2.05) is 13.0 Å². The van der Waals surface area contributed by atoms with Crippen LogP contribution in [0.15, 0.2) is 22.7 Å². The maximum Gasteiger partial charge on any atom is 0.231 e. The first-order chi connectivity index (χ1) is 13.2. The monoisotopic (exact) mass is 369 g/mol. The molecule has 1 aromatic heterocycles. The van der Waals surface area contributed by atoms with E-state index in [2.05, 4.69) is 34.0 Å². The number of fused-ring (bicyclic) bond motifs is 1. The van der Waals surface area contributed by atoms with Gasteiger partial charge in [-0.3, -0.25) is 4.90 Å². The molecule has 1 atom stereocenters. The number of piperidine rings is 1. The van der Waals surface area contributed by atoms with Crippen molar-refractivity contribution in [1.29, 1.82) is 0 Å². The number of hydrogen-bond donors (Lipinski definition) is 0. The molecule has 0 bridgehead atoms. The van der Waals surface area contributed by atoms with Crippen LogP contribution in [-0.2, 0) is 0 Å². The smallest absolute Gasteiger partial charge is 0.231 e. The minimum Gasteiger partial charge on any atom is -0.454 e. The summed E-state index contributed by atoms with van der Waals surface area (Å²) < 4.78 is 16.4. The molecule has 1 unspecified atom stereocenters. The quantitative estimate of drug-likeness (QED) is 0.820. The van der Waals surface area contributed by atoms with Crippen LogP contribution in [0.3, 0.4) is 0 Å². The Morgan fingerprint density at radius 2 is 1.81 bits per heavy atom. The van der Waals surface area contributed by atoms with Gasteiger partial charge in [-0.25, -0.2) is 0 Å². The highest BCUT2D eigenvalue weighted by Crippen LogP contribution is 2.40. The van der Waals surface area contributed by atoms with E-state index in [-0.39, 0.29) is 0 Å². The van der Waals surface area contributed by atoms with Gasteiger partial charge in [-0.2, -0.15) is 0 Å². The molecule has 27 heavy (non-hydrogen) atoms. The molecule has 2 saturated heterocycles. The van der Waals surface area contributed by atoms with E-state index in [0.717, 1.165) is 36.0 Å². The van der Waals surface area contributed by atoms with Gasteiger partial charge < -0.3 is 18.9 Å². The minimum absolute atomic E-state index is 0.332. The zero-order valence-corrected chi connectivity index (χ0v) is 16.1.